The van der Waals surface area contributed by atoms with Crippen molar-refractivity contribution in [2.75, 3.05) is 18.6 Å². The molecule has 1 aliphatic heterocycles. The van der Waals surface area contributed by atoms with Crippen LogP contribution in [0.4, 0.5) is 10.1 Å². The van der Waals surface area contributed by atoms with Gasteiger partial charge < -0.3 is 14.2 Å². The first-order valence-electron chi connectivity index (χ1n) is 8.28. The molecule has 6 nitrogen and oxygen atoms in total. The van der Waals surface area contributed by atoms with Crippen LogP contribution in [0, 0.1) is 5.82 Å². The third-order valence-electron chi connectivity index (χ3n) is 4.47. The molecule has 1 saturated heterocycles. The number of anilines is 1. The molecule has 0 saturated carbocycles. The van der Waals surface area contributed by atoms with Crippen molar-refractivity contribution in [2.24, 2.45) is 0 Å². The summed E-state index contributed by atoms with van der Waals surface area (Å²) >= 11 is 5.78. The standard InChI is InChI=1S/C19H15ClFN3O3/c1-26-14-5-2-11(3-6-14)19-22-18(23-27-19)12-8-17(25)24(10-12)16-7-4-13(20)9-15(16)21/h2-7,9,12H,8,10H2,1H3. The molecular formula is C19H15ClFN3O3. The lowest BCUT2D eigenvalue weighted by atomic mass is 10.1. The molecule has 0 aliphatic carbocycles. The molecule has 0 bridgehead atoms. The third-order valence-corrected chi connectivity index (χ3v) is 4.70. The fourth-order valence-corrected chi connectivity index (χ4v) is 3.22. The number of carbonyl (C=O) groups excluding carboxylic acids is 1. The van der Waals surface area contributed by atoms with E-state index in [9.17, 15) is 9.18 Å². The third kappa shape index (κ3) is 3.38. The van der Waals surface area contributed by atoms with Crippen molar-refractivity contribution in [1.82, 2.24) is 10.1 Å². The van der Waals surface area contributed by atoms with Crippen LogP contribution >= 0.6 is 11.6 Å². The Morgan fingerprint density at radius 3 is 2.74 bits per heavy atom. The lowest BCUT2D eigenvalue weighted by Crippen LogP contribution is -2.25. The van der Waals surface area contributed by atoms with Crippen molar-refractivity contribution < 1.29 is 18.4 Å². The number of carbonyl (C=O) groups is 1. The van der Waals surface area contributed by atoms with Crippen LogP contribution in [0.1, 0.15) is 18.2 Å². The van der Waals surface area contributed by atoms with E-state index < -0.39 is 5.82 Å². The Morgan fingerprint density at radius 1 is 1.26 bits per heavy atom. The first kappa shape index (κ1) is 17.5. The van der Waals surface area contributed by atoms with Crippen LogP contribution < -0.4 is 9.64 Å². The smallest absolute Gasteiger partial charge is 0.257 e. The minimum absolute atomic E-state index is 0.184. The van der Waals surface area contributed by atoms with Crippen molar-refractivity contribution in [3.05, 3.63) is 59.1 Å². The highest BCUT2D eigenvalue weighted by atomic mass is 35.5. The number of nitrogens with zero attached hydrogens (tertiary/aromatic N) is 3. The summed E-state index contributed by atoms with van der Waals surface area (Å²) < 4.78 is 24.6. The number of benzene rings is 2. The van der Waals surface area contributed by atoms with Crippen LogP contribution in [0.15, 0.2) is 47.0 Å². The number of hydrogen-bond acceptors (Lipinski definition) is 5. The zero-order valence-corrected chi connectivity index (χ0v) is 15.1. The van der Waals surface area contributed by atoms with E-state index in [1.54, 1.807) is 25.3 Å². The van der Waals surface area contributed by atoms with Gasteiger partial charge in [0.25, 0.3) is 5.89 Å². The fourth-order valence-electron chi connectivity index (χ4n) is 3.07. The van der Waals surface area contributed by atoms with Gasteiger partial charge in [-0.2, -0.15) is 4.98 Å². The second-order valence-electron chi connectivity index (χ2n) is 6.19. The Kier molecular flexibility index (Phi) is 4.53. The second kappa shape index (κ2) is 7.00. The van der Waals surface area contributed by atoms with E-state index in [4.69, 9.17) is 20.9 Å². The molecule has 2 aromatic carbocycles. The summed E-state index contributed by atoms with van der Waals surface area (Å²) in [5.41, 5.74) is 0.949. The van der Waals surface area contributed by atoms with Gasteiger partial charge in [0.2, 0.25) is 5.91 Å². The van der Waals surface area contributed by atoms with Gasteiger partial charge in [-0.15, -0.1) is 0 Å². The quantitative estimate of drug-likeness (QED) is 0.675. The minimum Gasteiger partial charge on any atom is -0.497 e. The molecule has 138 valence electrons. The van der Waals surface area contributed by atoms with Crippen molar-refractivity contribution >= 4 is 23.2 Å². The van der Waals surface area contributed by atoms with Gasteiger partial charge in [0.15, 0.2) is 5.82 Å². The molecule has 0 N–H and O–H groups in total. The number of halogens is 2. The van der Waals surface area contributed by atoms with Crippen LogP contribution in [-0.4, -0.2) is 29.7 Å². The van der Waals surface area contributed by atoms with E-state index in [1.165, 1.54) is 17.0 Å². The average Bonchev–Trinajstić information content (AvgIpc) is 3.29. The molecule has 1 aromatic heterocycles. The summed E-state index contributed by atoms with van der Waals surface area (Å²) in [6, 6.07) is 11.4. The van der Waals surface area contributed by atoms with Gasteiger partial charge in [0.1, 0.15) is 11.6 Å². The minimum atomic E-state index is -0.538. The van der Waals surface area contributed by atoms with E-state index in [2.05, 4.69) is 10.1 Å². The number of ether oxygens (including phenoxy) is 1. The molecule has 1 unspecified atom stereocenters. The number of rotatable bonds is 4. The van der Waals surface area contributed by atoms with Crippen LogP contribution in [-0.2, 0) is 4.79 Å². The van der Waals surface area contributed by atoms with Crippen LogP contribution in [0.3, 0.4) is 0 Å². The van der Waals surface area contributed by atoms with E-state index >= 15 is 0 Å². The zero-order valence-electron chi connectivity index (χ0n) is 14.4. The van der Waals surface area contributed by atoms with E-state index in [0.29, 0.717) is 11.7 Å². The van der Waals surface area contributed by atoms with Gasteiger partial charge in [-0.1, -0.05) is 16.8 Å². The van der Waals surface area contributed by atoms with Crippen molar-refractivity contribution in [1.29, 1.82) is 0 Å². The van der Waals surface area contributed by atoms with Crippen LogP contribution in [0.2, 0.25) is 5.02 Å². The highest BCUT2D eigenvalue weighted by molar-refractivity contribution is 6.30. The predicted molar refractivity (Wildman–Crippen MR) is 97.4 cm³/mol. The maximum Gasteiger partial charge on any atom is 0.257 e. The molecule has 1 atom stereocenters. The Hall–Kier alpha value is -2.93. The van der Waals surface area contributed by atoms with Gasteiger partial charge in [-0.3, -0.25) is 4.79 Å². The monoisotopic (exact) mass is 387 g/mol. The molecule has 0 spiro atoms. The molecule has 8 heteroatoms. The molecular weight excluding hydrogens is 373 g/mol. The number of aromatic nitrogens is 2. The molecule has 3 aromatic rings. The average molecular weight is 388 g/mol. The number of methoxy groups -OCH3 is 1. The zero-order chi connectivity index (χ0) is 19.0. The second-order valence-corrected chi connectivity index (χ2v) is 6.62. The summed E-state index contributed by atoms with van der Waals surface area (Å²) in [4.78, 5) is 18.2. The van der Waals surface area contributed by atoms with Gasteiger partial charge in [-0.05, 0) is 42.5 Å². The topological polar surface area (TPSA) is 68.5 Å². The van der Waals surface area contributed by atoms with Crippen molar-refractivity contribution in [2.45, 2.75) is 12.3 Å². The lowest BCUT2D eigenvalue weighted by Gasteiger charge is -2.17. The molecule has 1 aliphatic rings. The van der Waals surface area contributed by atoms with E-state index in [-0.39, 0.29) is 35.5 Å². The Labute approximate surface area is 159 Å². The fraction of sp³-hybridized carbons (Fsp3) is 0.211. The van der Waals surface area contributed by atoms with Crippen LogP contribution in [0.25, 0.3) is 11.5 Å². The molecule has 2 heterocycles. The Balaban J connectivity index is 1.54. The van der Waals surface area contributed by atoms with Gasteiger partial charge in [0.05, 0.1) is 12.8 Å². The van der Waals surface area contributed by atoms with Crippen molar-refractivity contribution in [3.8, 4) is 17.2 Å². The molecule has 1 amide bonds. The Bertz CT molecular complexity index is 990. The maximum atomic E-state index is 14.2. The van der Waals surface area contributed by atoms with Crippen molar-refractivity contribution in [3.63, 3.8) is 0 Å². The summed E-state index contributed by atoms with van der Waals surface area (Å²) in [5, 5.41) is 4.28. The molecule has 27 heavy (non-hydrogen) atoms. The largest absolute Gasteiger partial charge is 0.497 e. The highest BCUT2D eigenvalue weighted by Crippen LogP contribution is 2.33. The first-order chi connectivity index (χ1) is 13.0. The van der Waals surface area contributed by atoms with E-state index in [0.717, 1.165) is 11.3 Å². The number of hydrogen-bond donors (Lipinski definition) is 0. The number of amides is 1. The lowest BCUT2D eigenvalue weighted by molar-refractivity contribution is -0.117. The van der Waals surface area contributed by atoms with Crippen LogP contribution in [0.5, 0.6) is 5.75 Å². The highest BCUT2D eigenvalue weighted by Gasteiger charge is 2.35. The van der Waals surface area contributed by atoms with Gasteiger partial charge in [0, 0.05) is 29.5 Å². The summed E-state index contributed by atoms with van der Waals surface area (Å²) in [6.45, 7) is 0.277. The first-order valence-corrected chi connectivity index (χ1v) is 8.66. The SMILES string of the molecule is COc1ccc(-c2nc(C3CC(=O)N(c4ccc(Cl)cc4F)C3)no2)cc1. The normalized spacial score (nSPS) is 16.8. The summed E-state index contributed by atoms with van der Waals surface area (Å²) in [6.07, 6.45) is 0.184. The summed E-state index contributed by atoms with van der Waals surface area (Å²) in [7, 11) is 1.59. The maximum absolute atomic E-state index is 14.2. The Morgan fingerprint density at radius 2 is 2.04 bits per heavy atom. The van der Waals surface area contributed by atoms with Gasteiger partial charge >= 0.3 is 0 Å². The summed E-state index contributed by atoms with van der Waals surface area (Å²) in [5.74, 6) is 0.492. The molecule has 4 rings (SSSR count). The van der Waals surface area contributed by atoms with Gasteiger partial charge in [-0.25, -0.2) is 4.39 Å². The molecule has 0 radical (unpaired) electrons. The predicted octanol–water partition coefficient (Wildman–Crippen LogP) is 4.06. The van der Waals surface area contributed by atoms with E-state index in [1.807, 2.05) is 12.1 Å². The molecule has 1 fully saturated rings.